The molecule has 1 rings (SSSR count). The van der Waals surface area contributed by atoms with Gasteiger partial charge < -0.3 is 0 Å². The molecule has 0 aliphatic rings. The minimum absolute atomic E-state index is 0.104. The zero-order valence-electron chi connectivity index (χ0n) is 6.30. The van der Waals surface area contributed by atoms with Gasteiger partial charge in [0.25, 0.3) is 0 Å². The second kappa shape index (κ2) is 3.67. The molecule has 0 heterocycles. The Morgan fingerprint density at radius 3 is 2.00 bits per heavy atom. The maximum absolute atomic E-state index is 10.5. The van der Waals surface area contributed by atoms with Gasteiger partial charge in [0.05, 0.1) is 0 Å². The van der Waals surface area contributed by atoms with E-state index in [4.69, 9.17) is 4.55 Å². The maximum atomic E-state index is 10.5. The topological polar surface area (TPSA) is 94.5 Å². The van der Waals surface area contributed by atoms with Crippen LogP contribution < -0.4 is 8.45 Å². The van der Waals surface area contributed by atoms with Crippen LogP contribution in [0.4, 0.5) is 0 Å². The Bertz CT molecular complexity index is 421. The Balaban J connectivity index is 3.16. The summed E-state index contributed by atoms with van der Waals surface area (Å²) in [6.45, 7) is 0. The second-order valence-electron chi connectivity index (χ2n) is 2.29. The number of hydrogen-bond acceptors (Lipinski definition) is 4. The zero-order chi connectivity index (χ0) is 10.1. The van der Waals surface area contributed by atoms with Gasteiger partial charge in [-0.05, 0) is 0 Å². The molecule has 1 atom stereocenters. The quantitative estimate of drug-likeness (QED) is 0.500. The fourth-order valence-corrected chi connectivity index (χ4v) is 2.16. The SMILES string of the molecule is O=[AsH]([O-])c1ccc(S(=O)(=O)O)cc1. The van der Waals surface area contributed by atoms with E-state index in [0.717, 1.165) is 24.3 Å². The fourth-order valence-electron chi connectivity index (χ4n) is 0.763. The molecule has 0 aliphatic carbocycles. The van der Waals surface area contributed by atoms with Gasteiger partial charge in [-0.3, -0.25) is 0 Å². The van der Waals surface area contributed by atoms with E-state index in [1.807, 2.05) is 0 Å². The van der Waals surface area contributed by atoms with E-state index in [1.165, 1.54) is 0 Å². The Morgan fingerprint density at radius 1 is 1.23 bits per heavy atom. The second-order valence-corrected chi connectivity index (χ2v) is 6.13. The van der Waals surface area contributed by atoms with Gasteiger partial charge in [-0.1, -0.05) is 0 Å². The van der Waals surface area contributed by atoms with Crippen molar-refractivity contribution >= 4 is 29.4 Å². The van der Waals surface area contributed by atoms with Gasteiger partial charge in [-0.2, -0.15) is 0 Å². The molecule has 1 aromatic carbocycles. The molecule has 7 heteroatoms. The Kier molecular flexibility index (Phi) is 2.97. The summed E-state index contributed by atoms with van der Waals surface area (Å²) >= 11 is -3.63. The van der Waals surface area contributed by atoms with E-state index in [0.29, 0.717) is 0 Å². The molecule has 0 radical (unpaired) electrons. The van der Waals surface area contributed by atoms with E-state index in [9.17, 15) is 16.3 Å². The summed E-state index contributed by atoms with van der Waals surface area (Å²) in [5.74, 6) is 0. The van der Waals surface area contributed by atoms with Gasteiger partial charge in [-0.15, -0.1) is 0 Å². The summed E-state index contributed by atoms with van der Waals surface area (Å²) in [4.78, 5) is -0.310. The summed E-state index contributed by atoms with van der Waals surface area (Å²) in [6, 6.07) is 4.40. The van der Waals surface area contributed by atoms with Crippen molar-refractivity contribution in [2.75, 3.05) is 0 Å². The Labute approximate surface area is 79.6 Å². The minimum atomic E-state index is -4.23. The van der Waals surface area contributed by atoms with Crippen molar-refractivity contribution in [3.63, 3.8) is 0 Å². The Hall–Kier alpha value is -0.552. The van der Waals surface area contributed by atoms with E-state index < -0.39 is 25.1 Å². The van der Waals surface area contributed by atoms with Crippen LogP contribution in [0.25, 0.3) is 0 Å². The van der Waals surface area contributed by atoms with Crippen LogP contribution in [0.2, 0.25) is 0 Å². The van der Waals surface area contributed by atoms with Crippen molar-refractivity contribution in [1.29, 1.82) is 0 Å². The van der Waals surface area contributed by atoms with Crippen molar-refractivity contribution < 1.29 is 20.8 Å². The van der Waals surface area contributed by atoms with Crippen LogP contribution in [-0.2, 0) is 13.9 Å². The summed E-state index contributed by atoms with van der Waals surface area (Å²) in [5.41, 5.74) is 0. The van der Waals surface area contributed by atoms with Gasteiger partial charge in [0.1, 0.15) is 0 Å². The molecule has 0 spiro atoms. The van der Waals surface area contributed by atoms with E-state index >= 15 is 0 Å². The summed E-state index contributed by atoms with van der Waals surface area (Å²) in [5, 5.41) is 0. The molecular formula is C6H6AsO5S-. The van der Waals surface area contributed by atoms with E-state index in [1.54, 1.807) is 0 Å². The molecule has 0 aromatic heterocycles. The third-order valence-corrected chi connectivity index (χ3v) is 3.94. The van der Waals surface area contributed by atoms with Gasteiger partial charge in [0.2, 0.25) is 0 Å². The van der Waals surface area contributed by atoms with E-state index in [2.05, 4.69) is 0 Å². The normalized spacial score (nSPS) is 14.0. The monoisotopic (exact) mass is 265 g/mol. The van der Waals surface area contributed by atoms with Gasteiger partial charge in [0.15, 0.2) is 0 Å². The average Bonchev–Trinajstić information content (AvgIpc) is 2.03. The Morgan fingerprint density at radius 2 is 1.69 bits per heavy atom. The molecule has 0 saturated carbocycles. The van der Waals surface area contributed by atoms with Crippen molar-refractivity contribution in [2.24, 2.45) is 0 Å². The van der Waals surface area contributed by atoms with Gasteiger partial charge in [0, 0.05) is 0 Å². The first-order chi connectivity index (χ1) is 5.91. The van der Waals surface area contributed by atoms with Crippen LogP contribution in [0.3, 0.4) is 0 Å². The van der Waals surface area contributed by atoms with Crippen LogP contribution in [0.5, 0.6) is 0 Å². The summed E-state index contributed by atoms with van der Waals surface area (Å²) in [6.07, 6.45) is 0. The molecule has 0 amide bonds. The number of benzene rings is 1. The van der Waals surface area contributed by atoms with Gasteiger partial charge >= 0.3 is 79.4 Å². The molecule has 0 bridgehead atoms. The van der Waals surface area contributed by atoms with Crippen molar-refractivity contribution in [1.82, 2.24) is 0 Å². The van der Waals surface area contributed by atoms with E-state index in [-0.39, 0.29) is 9.25 Å². The molecular weight excluding hydrogens is 259 g/mol. The molecule has 1 N–H and O–H groups in total. The standard InChI is InChI=1S/C6H7AsO5S/c8-7(9)5-1-3-6(4-2-5)13(10,11)12/h1-4,7H,(H,8,9)(H,10,11,12)/p-1. The first kappa shape index (κ1) is 10.5. The first-order valence-corrected chi connectivity index (χ1v) is 7.40. The third kappa shape index (κ3) is 2.70. The van der Waals surface area contributed by atoms with Crippen LogP contribution in [-0.4, -0.2) is 27.9 Å². The van der Waals surface area contributed by atoms with Crippen LogP contribution in [0.1, 0.15) is 0 Å². The predicted molar refractivity (Wildman–Crippen MR) is 43.7 cm³/mol. The van der Waals surface area contributed by atoms with Crippen molar-refractivity contribution in [3.8, 4) is 0 Å². The molecule has 5 nitrogen and oxygen atoms in total. The fraction of sp³-hybridized carbons (Fsp3) is 0. The van der Waals surface area contributed by atoms with Crippen molar-refractivity contribution in [3.05, 3.63) is 24.3 Å². The van der Waals surface area contributed by atoms with Crippen LogP contribution >= 0.6 is 0 Å². The number of hydrogen-bond donors (Lipinski definition) is 1. The first-order valence-electron chi connectivity index (χ1n) is 3.20. The predicted octanol–water partition coefficient (Wildman–Crippen LogP) is -1.85. The van der Waals surface area contributed by atoms with Crippen molar-refractivity contribution in [2.45, 2.75) is 4.90 Å². The summed E-state index contributed by atoms with van der Waals surface area (Å²) < 4.78 is 50.7. The molecule has 0 saturated heterocycles. The van der Waals surface area contributed by atoms with Crippen LogP contribution in [0.15, 0.2) is 29.2 Å². The molecule has 1 aromatic rings. The molecule has 0 aliphatic heterocycles. The number of rotatable bonds is 2. The molecule has 13 heavy (non-hydrogen) atoms. The average molecular weight is 265 g/mol. The van der Waals surface area contributed by atoms with Gasteiger partial charge in [-0.25, -0.2) is 0 Å². The molecule has 0 fully saturated rings. The molecule has 1 unspecified atom stereocenters. The molecule has 72 valence electrons. The summed E-state index contributed by atoms with van der Waals surface area (Å²) in [7, 11) is -4.23. The zero-order valence-corrected chi connectivity index (χ0v) is 9.21. The third-order valence-electron chi connectivity index (χ3n) is 1.39. The van der Waals surface area contributed by atoms with Crippen LogP contribution in [0, 0.1) is 0 Å².